The van der Waals surface area contributed by atoms with Crippen molar-refractivity contribution >= 4 is 11.6 Å². The van der Waals surface area contributed by atoms with Gasteiger partial charge in [-0.3, -0.25) is 4.79 Å². The Morgan fingerprint density at radius 3 is 2.62 bits per heavy atom. The molecule has 0 heterocycles. The zero-order valence-corrected chi connectivity index (χ0v) is 7.41. The number of rotatable bonds is 1. The van der Waals surface area contributed by atoms with Crippen LogP contribution in [0.1, 0.15) is 6.92 Å². The molecule has 1 amide bonds. The largest absolute Gasteiger partial charge is 0.505 e. The van der Waals surface area contributed by atoms with E-state index in [-0.39, 0.29) is 5.91 Å². The molecule has 0 aliphatic carbocycles. The van der Waals surface area contributed by atoms with Crippen LogP contribution in [0, 0.1) is 5.82 Å². The number of halogens is 1. The molecule has 0 unspecified atom stereocenters. The number of benzene rings is 1. The molecule has 0 radical (unpaired) electrons. The number of anilines is 1. The van der Waals surface area contributed by atoms with Crippen LogP contribution < -0.4 is 4.90 Å². The van der Waals surface area contributed by atoms with Gasteiger partial charge in [-0.15, -0.1) is 0 Å². The SMILES string of the molecule is CC(=O)N(C)c1ccc(O)c(F)c1. The minimum Gasteiger partial charge on any atom is -0.505 e. The second kappa shape index (κ2) is 3.43. The van der Waals surface area contributed by atoms with Crippen LogP contribution >= 0.6 is 0 Å². The van der Waals surface area contributed by atoms with Gasteiger partial charge in [0.15, 0.2) is 11.6 Å². The van der Waals surface area contributed by atoms with Crippen molar-refractivity contribution < 1.29 is 14.3 Å². The van der Waals surface area contributed by atoms with E-state index in [0.717, 1.165) is 6.07 Å². The number of carbonyl (C=O) groups is 1. The third kappa shape index (κ3) is 1.96. The van der Waals surface area contributed by atoms with Crippen molar-refractivity contribution in [3.63, 3.8) is 0 Å². The van der Waals surface area contributed by atoms with Crippen LogP contribution in [0.25, 0.3) is 0 Å². The van der Waals surface area contributed by atoms with E-state index in [2.05, 4.69) is 0 Å². The van der Waals surface area contributed by atoms with Crippen LogP contribution in [-0.2, 0) is 4.79 Å². The summed E-state index contributed by atoms with van der Waals surface area (Å²) in [5, 5.41) is 8.89. The molecular weight excluding hydrogens is 173 g/mol. The lowest BCUT2D eigenvalue weighted by Crippen LogP contribution is -2.22. The third-order valence-electron chi connectivity index (χ3n) is 1.79. The van der Waals surface area contributed by atoms with Crippen LogP contribution in [-0.4, -0.2) is 18.1 Å². The van der Waals surface area contributed by atoms with E-state index < -0.39 is 11.6 Å². The summed E-state index contributed by atoms with van der Waals surface area (Å²) < 4.78 is 12.8. The summed E-state index contributed by atoms with van der Waals surface area (Å²) in [5.74, 6) is -1.34. The van der Waals surface area contributed by atoms with Crippen molar-refractivity contribution in [2.45, 2.75) is 6.92 Å². The number of nitrogens with zero attached hydrogens (tertiary/aromatic N) is 1. The maximum Gasteiger partial charge on any atom is 0.223 e. The average Bonchev–Trinajstić information content (AvgIpc) is 2.08. The molecule has 0 aliphatic heterocycles. The standard InChI is InChI=1S/C9H10FNO2/c1-6(12)11(2)7-3-4-9(13)8(10)5-7/h3-5,13H,1-2H3. The highest BCUT2D eigenvalue weighted by atomic mass is 19.1. The lowest BCUT2D eigenvalue weighted by Gasteiger charge is -2.14. The molecule has 0 aliphatic rings. The first kappa shape index (κ1) is 9.51. The lowest BCUT2D eigenvalue weighted by molar-refractivity contribution is -0.116. The monoisotopic (exact) mass is 183 g/mol. The predicted octanol–water partition coefficient (Wildman–Crippen LogP) is 1.51. The zero-order chi connectivity index (χ0) is 10.0. The Balaban J connectivity index is 3.03. The Bertz CT molecular complexity index is 338. The molecule has 70 valence electrons. The van der Waals surface area contributed by atoms with Crippen molar-refractivity contribution in [2.24, 2.45) is 0 Å². The van der Waals surface area contributed by atoms with E-state index in [1.165, 1.54) is 31.0 Å². The summed E-state index contributed by atoms with van der Waals surface area (Å²) in [6.07, 6.45) is 0. The minimum absolute atomic E-state index is 0.190. The fourth-order valence-electron chi connectivity index (χ4n) is 0.886. The Kier molecular flexibility index (Phi) is 2.51. The van der Waals surface area contributed by atoms with Gasteiger partial charge in [0.05, 0.1) is 0 Å². The Morgan fingerprint density at radius 1 is 1.54 bits per heavy atom. The first-order valence-corrected chi connectivity index (χ1v) is 3.75. The Morgan fingerprint density at radius 2 is 2.15 bits per heavy atom. The van der Waals surface area contributed by atoms with Gasteiger partial charge in [0.2, 0.25) is 5.91 Å². The van der Waals surface area contributed by atoms with Crippen molar-refractivity contribution in [3.8, 4) is 5.75 Å². The molecule has 0 fully saturated rings. The van der Waals surface area contributed by atoms with E-state index in [9.17, 15) is 9.18 Å². The molecule has 13 heavy (non-hydrogen) atoms. The molecule has 0 atom stereocenters. The fourth-order valence-corrected chi connectivity index (χ4v) is 0.886. The number of carbonyl (C=O) groups excluding carboxylic acids is 1. The lowest BCUT2D eigenvalue weighted by atomic mass is 10.2. The van der Waals surface area contributed by atoms with Gasteiger partial charge in [-0.25, -0.2) is 4.39 Å². The van der Waals surface area contributed by atoms with Gasteiger partial charge >= 0.3 is 0 Å². The van der Waals surface area contributed by atoms with Gasteiger partial charge in [0.25, 0.3) is 0 Å². The normalized spacial score (nSPS) is 9.77. The maximum absolute atomic E-state index is 12.8. The number of hydrogen-bond acceptors (Lipinski definition) is 2. The molecule has 0 saturated heterocycles. The maximum atomic E-state index is 12.8. The summed E-state index contributed by atoms with van der Waals surface area (Å²) in [7, 11) is 1.54. The van der Waals surface area contributed by atoms with Crippen molar-refractivity contribution in [1.82, 2.24) is 0 Å². The molecule has 4 heteroatoms. The van der Waals surface area contributed by atoms with Gasteiger partial charge in [0.1, 0.15) is 0 Å². The summed E-state index contributed by atoms with van der Waals surface area (Å²) in [6, 6.07) is 3.79. The van der Waals surface area contributed by atoms with Crippen molar-refractivity contribution in [2.75, 3.05) is 11.9 Å². The van der Waals surface area contributed by atoms with Crippen LogP contribution in [0.15, 0.2) is 18.2 Å². The van der Waals surface area contributed by atoms with E-state index in [4.69, 9.17) is 5.11 Å². The van der Waals surface area contributed by atoms with Crippen LogP contribution in [0.2, 0.25) is 0 Å². The number of hydrogen-bond donors (Lipinski definition) is 1. The van der Waals surface area contributed by atoms with Gasteiger partial charge in [-0.1, -0.05) is 0 Å². The Hall–Kier alpha value is -1.58. The molecule has 0 spiro atoms. The van der Waals surface area contributed by atoms with E-state index in [1.807, 2.05) is 0 Å². The molecule has 1 rings (SSSR count). The zero-order valence-electron chi connectivity index (χ0n) is 7.41. The number of phenols is 1. The highest BCUT2D eigenvalue weighted by Gasteiger charge is 2.08. The summed E-state index contributed by atoms with van der Waals surface area (Å²) in [6.45, 7) is 1.38. The smallest absolute Gasteiger partial charge is 0.223 e. The van der Waals surface area contributed by atoms with Gasteiger partial charge in [-0.2, -0.15) is 0 Å². The average molecular weight is 183 g/mol. The topological polar surface area (TPSA) is 40.5 Å². The molecule has 1 aromatic rings. The molecule has 1 N–H and O–H groups in total. The highest BCUT2D eigenvalue weighted by Crippen LogP contribution is 2.21. The molecule has 0 aromatic heterocycles. The van der Waals surface area contributed by atoms with Crippen molar-refractivity contribution in [1.29, 1.82) is 0 Å². The quantitative estimate of drug-likeness (QED) is 0.717. The summed E-state index contributed by atoms with van der Waals surface area (Å²) in [4.78, 5) is 12.2. The van der Waals surface area contributed by atoms with Gasteiger partial charge < -0.3 is 10.0 Å². The molecule has 3 nitrogen and oxygen atoms in total. The van der Waals surface area contributed by atoms with Gasteiger partial charge in [0, 0.05) is 25.7 Å². The fraction of sp³-hybridized carbons (Fsp3) is 0.222. The highest BCUT2D eigenvalue weighted by molar-refractivity contribution is 5.90. The predicted molar refractivity (Wildman–Crippen MR) is 47.1 cm³/mol. The van der Waals surface area contributed by atoms with Crippen LogP contribution in [0.3, 0.4) is 0 Å². The second-order valence-corrected chi connectivity index (χ2v) is 2.71. The summed E-state index contributed by atoms with van der Waals surface area (Å²) in [5.41, 5.74) is 0.419. The van der Waals surface area contributed by atoms with E-state index in [0.29, 0.717) is 5.69 Å². The van der Waals surface area contributed by atoms with E-state index >= 15 is 0 Å². The van der Waals surface area contributed by atoms with Crippen molar-refractivity contribution in [3.05, 3.63) is 24.0 Å². The van der Waals surface area contributed by atoms with Gasteiger partial charge in [-0.05, 0) is 12.1 Å². The molecule has 0 saturated carbocycles. The van der Waals surface area contributed by atoms with Crippen LogP contribution in [0.4, 0.5) is 10.1 Å². The first-order valence-electron chi connectivity index (χ1n) is 3.75. The number of amides is 1. The first-order chi connectivity index (χ1) is 6.02. The van der Waals surface area contributed by atoms with Crippen LogP contribution in [0.5, 0.6) is 5.75 Å². The Labute approximate surface area is 75.4 Å². The third-order valence-corrected chi connectivity index (χ3v) is 1.79. The molecule has 1 aromatic carbocycles. The second-order valence-electron chi connectivity index (χ2n) is 2.71. The number of aromatic hydroxyl groups is 1. The number of phenolic OH excluding ortho intramolecular Hbond substituents is 1. The molecule has 0 bridgehead atoms. The molecular formula is C9H10FNO2. The summed E-state index contributed by atoms with van der Waals surface area (Å²) >= 11 is 0. The van der Waals surface area contributed by atoms with E-state index in [1.54, 1.807) is 0 Å². The minimum atomic E-state index is -0.731.